The standard InChI is InChI=1S/C13H12ClIN2O3/c1-19-6-9-11(15)13(18)17-12(16-9)8-4-3-7(14)5-10(8)20-2/h3-5H,6H2,1-2H3,(H,16,17,18). The Kier molecular flexibility index (Phi) is 5.00. The molecular weight excluding hydrogens is 395 g/mol. The van der Waals surface area contributed by atoms with E-state index in [1.165, 1.54) is 7.11 Å². The molecule has 0 atom stereocenters. The molecule has 5 nitrogen and oxygen atoms in total. The summed E-state index contributed by atoms with van der Waals surface area (Å²) in [4.78, 5) is 19.1. The topological polar surface area (TPSA) is 64.2 Å². The second-order valence-electron chi connectivity index (χ2n) is 3.95. The van der Waals surface area contributed by atoms with Crippen LogP contribution in [0.25, 0.3) is 11.4 Å². The van der Waals surface area contributed by atoms with Gasteiger partial charge in [-0.1, -0.05) is 11.6 Å². The van der Waals surface area contributed by atoms with Gasteiger partial charge >= 0.3 is 0 Å². The predicted octanol–water partition coefficient (Wildman–Crippen LogP) is 2.85. The van der Waals surface area contributed by atoms with E-state index in [2.05, 4.69) is 9.97 Å². The normalized spacial score (nSPS) is 10.6. The van der Waals surface area contributed by atoms with E-state index < -0.39 is 0 Å². The lowest BCUT2D eigenvalue weighted by Crippen LogP contribution is -2.17. The van der Waals surface area contributed by atoms with Crippen molar-refractivity contribution in [3.63, 3.8) is 0 Å². The minimum absolute atomic E-state index is 0.209. The lowest BCUT2D eigenvalue weighted by Gasteiger charge is -2.10. The molecule has 0 saturated carbocycles. The van der Waals surface area contributed by atoms with E-state index in [1.807, 2.05) is 22.6 Å². The number of aromatic amines is 1. The second kappa shape index (κ2) is 6.55. The number of hydrogen-bond donors (Lipinski definition) is 1. The fourth-order valence-electron chi connectivity index (χ4n) is 1.73. The number of methoxy groups -OCH3 is 2. The number of aromatic nitrogens is 2. The lowest BCUT2D eigenvalue weighted by atomic mass is 10.2. The van der Waals surface area contributed by atoms with Gasteiger partial charge < -0.3 is 14.5 Å². The molecule has 0 amide bonds. The van der Waals surface area contributed by atoms with Crippen LogP contribution in [-0.2, 0) is 11.3 Å². The number of H-pyrrole nitrogens is 1. The Morgan fingerprint density at radius 1 is 1.40 bits per heavy atom. The molecule has 7 heteroatoms. The fraction of sp³-hybridized carbons (Fsp3) is 0.231. The third kappa shape index (κ3) is 3.13. The quantitative estimate of drug-likeness (QED) is 0.793. The first-order valence-corrected chi connectivity index (χ1v) is 7.14. The highest BCUT2D eigenvalue weighted by Gasteiger charge is 2.13. The van der Waals surface area contributed by atoms with Gasteiger partial charge in [-0.25, -0.2) is 4.98 Å². The summed E-state index contributed by atoms with van der Waals surface area (Å²) < 4.78 is 10.8. The summed E-state index contributed by atoms with van der Waals surface area (Å²) in [5, 5.41) is 0.551. The van der Waals surface area contributed by atoms with Crippen molar-refractivity contribution in [3.05, 3.63) is 42.8 Å². The van der Waals surface area contributed by atoms with E-state index >= 15 is 0 Å². The van der Waals surface area contributed by atoms with Crippen LogP contribution in [0.4, 0.5) is 0 Å². The average Bonchev–Trinajstić information content (AvgIpc) is 2.43. The van der Waals surface area contributed by atoms with Crippen LogP contribution in [0.1, 0.15) is 5.69 Å². The van der Waals surface area contributed by atoms with Crippen molar-refractivity contribution < 1.29 is 9.47 Å². The van der Waals surface area contributed by atoms with Crippen molar-refractivity contribution in [1.82, 2.24) is 9.97 Å². The van der Waals surface area contributed by atoms with Gasteiger partial charge in [0.2, 0.25) is 0 Å². The van der Waals surface area contributed by atoms with E-state index in [1.54, 1.807) is 25.3 Å². The van der Waals surface area contributed by atoms with Crippen molar-refractivity contribution >= 4 is 34.2 Å². The Labute approximate surface area is 134 Å². The van der Waals surface area contributed by atoms with Gasteiger partial charge in [-0.3, -0.25) is 4.79 Å². The van der Waals surface area contributed by atoms with Crippen LogP contribution in [0.15, 0.2) is 23.0 Å². The summed E-state index contributed by atoms with van der Waals surface area (Å²) in [6, 6.07) is 5.14. The SMILES string of the molecule is COCc1nc(-c2ccc(Cl)cc2OC)[nH]c(=O)c1I. The summed E-state index contributed by atoms with van der Waals surface area (Å²) in [5.74, 6) is 0.973. The minimum Gasteiger partial charge on any atom is -0.496 e. The number of nitrogens with one attached hydrogen (secondary N) is 1. The number of rotatable bonds is 4. The Bertz CT molecular complexity index is 688. The lowest BCUT2D eigenvalue weighted by molar-refractivity contribution is 0.180. The first-order valence-electron chi connectivity index (χ1n) is 5.68. The number of ether oxygens (including phenoxy) is 2. The molecule has 20 heavy (non-hydrogen) atoms. The molecule has 0 radical (unpaired) electrons. The summed E-state index contributed by atoms with van der Waals surface area (Å²) >= 11 is 7.88. The van der Waals surface area contributed by atoms with Crippen LogP contribution in [0.5, 0.6) is 5.75 Å². The molecule has 1 heterocycles. The molecule has 0 unspecified atom stereocenters. The summed E-state index contributed by atoms with van der Waals surface area (Å²) in [5.41, 5.74) is 1.05. The smallest absolute Gasteiger partial charge is 0.264 e. The molecule has 1 aromatic heterocycles. The first-order chi connectivity index (χ1) is 9.56. The third-order valence-electron chi connectivity index (χ3n) is 2.63. The molecular formula is C13H12ClIN2O3. The summed E-state index contributed by atoms with van der Waals surface area (Å²) in [6.07, 6.45) is 0. The van der Waals surface area contributed by atoms with E-state index in [9.17, 15) is 4.79 Å². The summed E-state index contributed by atoms with van der Waals surface area (Å²) in [6.45, 7) is 0.269. The Balaban J connectivity index is 2.61. The van der Waals surface area contributed by atoms with Crippen molar-refractivity contribution in [2.75, 3.05) is 14.2 Å². The zero-order chi connectivity index (χ0) is 14.7. The Morgan fingerprint density at radius 2 is 2.15 bits per heavy atom. The fourth-order valence-corrected chi connectivity index (χ4v) is 2.30. The second-order valence-corrected chi connectivity index (χ2v) is 5.47. The van der Waals surface area contributed by atoms with Crippen molar-refractivity contribution in [3.8, 4) is 17.1 Å². The number of benzene rings is 1. The van der Waals surface area contributed by atoms with Gasteiger partial charge in [-0.05, 0) is 40.8 Å². The van der Waals surface area contributed by atoms with Crippen molar-refractivity contribution in [2.24, 2.45) is 0 Å². The molecule has 0 bridgehead atoms. The largest absolute Gasteiger partial charge is 0.496 e. The Hall–Kier alpha value is -1.12. The maximum absolute atomic E-state index is 11.9. The Morgan fingerprint density at radius 3 is 2.80 bits per heavy atom. The van der Waals surface area contributed by atoms with E-state index in [0.717, 1.165) is 0 Å². The van der Waals surface area contributed by atoms with E-state index in [4.69, 9.17) is 21.1 Å². The van der Waals surface area contributed by atoms with Crippen LogP contribution >= 0.6 is 34.2 Å². The van der Waals surface area contributed by atoms with Crippen LogP contribution < -0.4 is 10.3 Å². The molecule has 0 aliphatic carbocycles. The maximum atomic E-state index is 11.9. The molecule has 0 aliphatic heterocycles. The van der Waals surface area contributed by atoms with Gasteiger partial charge in [-0.15, -0.1) is 0 Å². The van der Waals surface area contributed by atoms with Crippen LogP contribution in [0.3, 0.4) is 0 Å². The maximum Gasteiger partial charge on any atom is 0.264 e. The first kappa shape index (κ1) is 15.3. The van der Waals surface area contributed by atoms with Crippen LogP contribution in [0.2, 0.25) is 5.02 Å². The summed E-state index contributed by atoms with van der Waals surface area (Å²) in [7, 11) is 3.09. The molecule has 2 aromatic rings. The molecule has 106 valence electrons. The predicted molar refractivity (Wildman–Crippen MR) is 85.3 cm³/mol. The number of nitrogens with zero attached hydrogens (tertiary/aromatic N) is 1. The zero-order valence-corrected chi connectivity index (χ0v) is 13.8. The number of hydrogen-bond acceptors (Lipinski definition) is 4. The molecule has 0 aliphatic rings. The molecule has 0 fully saturated rings. The van der Waals surface area contributed by atoms with Gasteiger partial charge in [0.15, 0.2) is 0 Å². The van der Waals surface area contributed by atoms with E-state index in [0.29, 0.717) is 31.4 Å². The molecule has 0 spiro atoms. The van der Waals surface area contributed by atoms with Crippen molar-refractivity contribution in [2.45, 2.75) is 6.61 Å². The monoisotopic (exact) mass is 406 g/mol. The number of halogens is 2. The van der Waals surface area contributed by atoms with Gasteiger partial charge in [0, 0.05) is 12.1 Å². The molecule has 0 saturated heterocycles. The highest BCUT2D eigenvalue weighted by atomic mass is 127. The zero-order valence-electron chi connectivity index (χ0n) is 10.9. The van der Waals surface area contributed by atoms with Crippen molar-refractivity contribution in [1.29, 1.82) is 0 Å². The molecule has 1 aromatic carbocycles. The van der Waals surface area contributed by atoms with Gasteiger partial charge in [0.05, 0.1) is 25.0 Å². The van der Waals surface area contributed by atoms with Gasteiger partial charge in [0.25, 0.3) is 5.56 Å². The van der Waals surface area contributed by atoms with Gasteiger partial charge in [-0.2, -0.15) is 0 Å². The van der Waals surface area contributed by atoms with Crippen LogP contribution in [0, 0.1) is 3.57 Å². The highest BCUT2D eigenvalue weighted by molar-refractivity contribution is 14.1. The van der Waals surface area contributed by atoms with Crippen LogP contribution in [-0.4, -0.2) is 24.2 Å². The molecule has 2 rings (SSSR count). The van der Waals surface area contributed by atoms with E-state index in [-0.39, 0.29) is 12.2 Å². The average molecular weight is 407 g/mol. The minimum atomic E-state index is -0.209. The third-order valence-corrected chi connectivity index (χ3v) is 3.98. The highest BCUT2D eigenvalue weighted by Crippen LogP contribution is 2.30. The molecule has 1 N–H and O–H groups in total. The van der Waals surface area contributed by atoms with Gasteiger partial charge in [0.1, 0.15) is 15.1 Å².